The molecule has 0 unspecified atom stereocenters. The van der Waals surface area contributed by atoms with Crippen molar-refractivity contribution in [3.8, 4) is 0 Å². The average Bonchev–Trinajstić information content (AvgIpc) is 2.60. The first-order valence-corrected chi connectivity index (χ1v) is 8.77. The number of hydrogen-bond donors (Lipinski definition) is 2. The Morgan fingerprint density at radius 2 is 1.67 bits per heavy atom. The van der Waals surface area contributed by atoms with Crippen LogP contribution < -0.4 is 10.6 Å². The molecule has 0 saturated carbocycles. The molecule has 5 nitrogen and oxygen atoms in total. The zero-order chi connectivity index (χ0) is 19.6. The van der Waals surface area contributed by atoms with Gasteiger partial charge in [-0.3, -0.25) is 4.79 Å². The number of halogens is 4. The van der Waals surface area contributed by atoms with E-state index in [4.69, 9.17) is 0 Å². The molecule has 1 amide bonds. The molecule has 154 valence electrons. The van der Waals surface area contributed by atoms with Gasteiger partial charge in [-0.25, -0.2) is 4.99 Å². The summed E-state index contributed by atoms with van der Waals surface area (Å²) in [6.07, 6.45) is -5.11. The van der Waals surface area contributed by atoms with Crippen LogP contribution in [-0.4, -0.2) is 49.1 Å². The molecule has 0 radical (unpaired) electrons. The van der Waals surface area contributed by atoms with Gasteiger partial charge in [-0.1, -0.05) is 12.1 Å². The minimum Gasteiger partial charge on any atom is -0.357 e. The number of alkyl halides is 3. The van der Waals surface area contributed by atoms with E-state index in [1.54, 1.807) is 29.2 Å². The summed E-state index contributed by atoms with van der Waals surface area (Å²) in [6.45, 7) is 7.63. The van der Waals surface area contributed by atoms with Gasteiger partial charge in [0, 0.05) is 31.7 Å². The largest absolute Gasteiger partial charge is 0.390 e. The third kappa shape index (κ3) is 9.83. The maximum absolute atomic E-state index is 12.3. The molecule has 1 aromatic carbocycles. The highest BCUT2D eigenvalue weighted by Crippen LogP contribution is 2.18. The van der Waals surface area contributed by atoms with Crippen LogP contribution in [-0.2, 0) is 6.54 Å². The molecule has 27 heavy (non-hydrogen) atoms. The predicted octanol–water partition coefficient (Wildman–Crippen LogP) is 3.79. The number of benzene rings is 1. The van der Waals surface area contributed by atoms with E-state index in [-0.39, 0.29) is 36.4 Å². The monoisotopic (exact) mass is 500 g/mol. The summed E-state index contributed by atoms with van der Waals surface area (Å²) in [7, 11) is 0. The molecule has 0 aliphatic heterocycles. The van der Waals surface area contributed by atoms with Gasteiger partial charge in [0.2, 0.25) is 0 Å². The number of carbonyl (C=O) groups is 1. The first kappa shape index (κ1) is 25.5. The van der Waals surface area contributed by atoms with Crippen molar-refractivity contribution in [2.45, 2.75) is 39.9 Å². The lowest BCUT2D eigenvalue weighted by Gasteiger charge is -2.18. The van der Waals surface area contributed by atoms with Gasteiger partial charge >= 0.3 is 6.18 Å². The van der Waals surface area contributed by atoms with Crippen molar-refractivity contribution in [1.29, 1.82) is 0 Å². The second-order valence-electron chi connectivity index (χ2n) is 5.66. The number of rotatable bonds is 8. The Morgan fingerprint density at radius 1 is 1.07 bits per heavy atom. The highest BCUT2D eigenvalue weighted by Gasteiger charge is 2.26. The van der Waals surface area contributed by atoms with Gasteiger partial charge in [0.15, 0.2) is 5.96 Å². The van der Waals surface area contributed by atoms with Gasteiger partial charge in [-0.05, 0) is 38.5 Å². The van der Waals surface area contributed by atoms with E-state index >= 15 is 0 Å². The van der Waals surface area contributed by atoms with Crippen LogP contribution in [0.1, 0.15) is 43.1 Å². The summed E-state index contributed by atoms with van der Waals surface area (Å²) >= 11 is 0. The molecule has 1 aromatic rings. The van der Waals surface area contributed by atoms with Crippen molar-refractivity contribution in [2.24, 2.45) is 4.99 Å². The Hall–Kier alpha value is -1.52. The first-order valence-electron chi connectivity index (χ1n) is 8.77. The van der Waals surface area contributed by atoms with Gasteiger partial charge in [0.1, 0.15) is 0 Å². The van der Waals surface area contributed by atoms with Gasteiger partial charge in [-0.15, -0.1) is 24.0 Å². The number of nitrogens with zero attached hydrogens (tertiary/aromatic N) is 2. The number of amides is 1. The van der Waals surface area contributed by atoms with E-state index in [0.29, 0.717) is 37.7 Å². The van der Waals surface area contributed by atoms with Crippen molar-refractivity contribution >= 4 is 35.8 Å². The molecule has 9 heteroatoms. The molecule has 0 heterocycles. The van der Waals surface area contributed by atoms with Gasteiger partial charge in [-0.2, -0.15) is 13.2 Å². The summed E-state index contributed by atoms with van der Waals surface area (Å²) in [5, 5.41) is 5.57. The minimum atomic E-state index is -4.20. The van der Waals surface area contributed by atoms with E-state index in [1.165, 1.54) is 0 Å². The zero-order valence-electron chi connectivity index (χ0n) is 15.9. The Balaban J connectivity index is 0.00000676. The molecular weight excluding hydrogens is 472 g/mol. The van der Waals surface area contributed by atoms with Crippen LogP contribution in [0.25, 0.3) is 0 Å². The fraction of sp³-hybridized carbons (Fsp3) is 0.556. The first-order chi connectivity index (χ1) is 12.3. The number of nitrogens with one attached hydrogen (secondary N) is 2. The number of aliphatic imine (C=N–C) groups is 1. The summed E-state index contributed by atoms with van der Waals surface area (Å²) in [5.74, 6) is 0.312. The van der Waals surface area contributed by atoms with Gasteiger partial charge < -0.3 is 15.5 Å². The predicted molar refractivity (Wildman–Crippen MR) is 113 cm³/mol. The molecule has 0 fully saturated rings. The van der Waals surface area contributed by atoms with Crippen LogP contribution in [0.4, 0.5) is 13.2 Å². The number of hydrogen-bond acceptors (Lipinski definition) is 2. The standard InChI is InChI=1S/C18H27F3N4O.HI/c1-4-22-17(23-12-11-18(19,20)21)24-13-14-7-9-15(10-8-14)16(26)25(5-2)6-3;/h7-10H,4-6,11-13H2,1-3H3,(H2,22,23,24);1H. The SMILES string of the molecule is CCNC(=NCc1ccc(C(=O)N(CC)CC)cc1)NCCC(F)(F)F.I. The smallest absolute Gasteiger partial charge is 0.357 e. The summed E-state index contributed by atoms with van der Waals surface area (Å²) < 4.78 is 36.7. The molecule has 1 rings (SSSR count). The minimum absolute atomic E-state index is 0. The van der Waals surface area contributed by atoms with Gasteiger partial charge in [0.25, 0.3) is 5.91 Å². The van der Waals surface area contributed by atoms with Crippen molar-refractivity contribution < 1.29 is 18.0 Å². The third-order valence-electron chi connectivity index (χ3n) is 3.72. The van der Waals surface area contributed by atoms with Crippen LogP contribution in [0.5, 0.6) is 0 Å². The lowest BCUT2D eigenvalue weighted by atomic mass is 10.1. The van der Waals surface area contributed by atoms with E-state index in [2.05, 4.69) is 15.6 Å². The van der Waals surface area contributed by atoms with E-state index in [0.717, 1.165) is 5.56 Å². The molecule has 0 aliphatic carbocycles. The van der Waals surface area contributed by atoms with Crippen LogP contribution in [0.15, 0.2) is 29.3 Å². The van der Waals surface area contributed by atoms with Crippen LogP contribution >= 0.6 is 24.0 Å². The van der Waals surface area contributed by atoms with E-state index < -0.39 is 12.6 Å². The lowest BCUT2D eigenvalue weighted by Crippen LogP contribution is -2.38. The fourth-order valence-electron chi connectivity index (χ4n) is 2.28. The Labute approximate surface area is 175 Å². The molecule has 0 aliphatic rings. The Kier molecular flexibility index (Phi) is 12.1. The van der Waals surface area contributed by atoms with Crippen LogP contribution in [0, 0.1) is 0 Å². The topological polar surface area (TPSA) is 56.7 Å². The summed E-state index contributed by atoms with van der Waals surface area (Å²) in [6, 6.07) is 7.10. The van der Waals surface area contributed by atoms with Crippen molar-refractivity contribution in [3.05, 3.63) is 35.4 Å². The summed E-state index contributed by atoms with van der Waals surface area (Å²) in [5.41, 5.74) is 1.48. The Bertz CT molecular complexity index is 587. The molecule has 2 N–H and O–H groups in total. The fourth-order valence-corrected chi connectivity index (χ4v) is 2.28. The normalized spacial score (nSPS) is 11.6. The lowest BCUT2D eigenvalue weighted by molar-refractivity contribution is -0.132. The Morgan fingerprint density at radius 3 is 2.15 bits per heavy atom. The van der Waals surface area contributed by atoms with Gasteiger partial charge in [0.05, 0.1) is 13.0 Å². The summed E-state index contributed by atoms with van der Waals surface area (Å²) in [4.78, 5) is 18.3. The second kappa shape index (κ2) is 12.8. The molecule has 0 aromatic heterocycles. The highest BCUT2D eigenvalue weighted by atomic mass is 127. The molecule has 0 spiro atoms. The molecule has 0 bridgehead atoms. The number of guanidine groups is 1. The highest BCUT2D eigenvalue weighted by molar-refractivity contribution is 14.0. The molecule has 0 atom stereocenters. The van der Waals surface area contributed by atoms with E-state index in [1.807, 2.05) is 20.8 Å². The van der Waals surface area contributed by atoms with E-state index in [9.17, 15) is 18.0 Å². The number of carbonyl (C=O) groups excluding carboxylic acids is 1. The van der Waals surface area contributed by atoms with Crippen molar-refractivity contribution in [2.75, 3.05) is 26.2 Å². The quantitative estimate of drug-likeness (QED) is 0.325. The zero-order valence-corrected chi connectivity index (χ0v) is 18.2. The average molecular weight is 500 g/mol. The van der Waals surface area contributed by atoms with Crippen molar-refractivity contribution in [1.82, 2.24) is 15.5 Å². The maximum Gasteiger partial charge on any atom is 0.390 e. The van der Waals surface area contributed by atoms with Crippen molar-refractivity contribution in [3.63, 3.8) is 0 Å². The maximum atomic E-state index is 12.3. The van der Waals surface area contributed by atoms with Crippen LogP contribution in [0.2, 0.25) is 0 Å². The van der Waals surface area contributed by atoms with Crippen LogP contribution in [0.3, 0.4) is 0 Å². The third-order valence-corrected chi connectivity index (χ3v) is 3.72. The molecule has 0 saturated heterocycles. The second-order valence-corrected chi connectivity index (χ2v) is 5.66. The molecular formula is C18H28F3IN4O.